The summed E-state index contributed by atoms with van der Waals surface area (Å²) in [6, 6.07) is 0. The summed E-state index contributed by atoms with van der Waals surface area (Å²) in [6.45, 7) is 21.0. The van der Waals surface area contributed by atoms with Gasteiger partial charge in [-0.25, -0.2) is 0 Å². The first kappa shape index (κ1) is 24.2. The van der Waals surface area contributed by atoms with Gasteiger partial charge in [-0.05, 0) is 47.0 Å². The SMILES string of the molecule is C=C(C)C(=O)N(CCCCCN(C(=O)C(=C)C)C(=O)C(=C)C)C(=O)C(=C)C. The zero-order valence-corrected chi connectivity index (χ0v) is 16.9. The standard InChI is InChI=1S/C21H30N2O4/c1-14(2)18(24)22(19(25)15(3)4)12-10-9-11-13-23(20(26)16(5)6)21(27)17(7)8/h1,3,5,7,9-13H2,2,4,6,8H3. The summed E-state index contributed by atoms with van der Waals surface area (Å²) in [5, 5.41) is 0. The van der Waals surface area contributed by atoms with Crippen LogP contribution in [-0.4, -0.2) is 46.5 Å². The minimum atomic E-state index is -0.431. The van der Waals surface area contributed by atoms with Gasteiger partial charge in [-0.1, -0.05) is 26.3 Å². The maximum absolute atomic E-state index is 12.1. The number of imide groups is 2. The van der Waals surface area contributed by atoms with Gasteiger partial charge < -0.3 is 0 Å². The molecule has 0 aromatic carbocycles. The highest BCUT2D eigenvalue weighted by atomic mass is 16.2. The molecule has 0 spiro atoms. The van der Waals surface area contributed by atoms with Gasteiger partial charge in [0.1, 0.15) is 0 Å². The Hall–Kier alpha value is -2.76. The Bertz CT molecular complexity index is 578. The van der Waals surface area contributed by atoms with Crippen molar-refractivity contribution in [3.05, 3.63) is 48.6 Å². The van der Waals surface area contributed by atoms with E-state index in [4.69, 9.17) is 0 Å². The van der Waals surface area contributed by atoms with Crippen molar-refractivity contribution in [3.8, 4) is 0 Å². The van der Waals surface area contributed by atoms with E-state index in [9.17, 15) is 19.2 Å². The maximum atomic E-state index is 12.1. The predicted octanol–water partition coefficient (Wildman–Crippen LogP) is 3.17. The minimum Gasteiger partial charge on any atom is -0.275 e. The Kier molecular flexibility index (Phi) is 9.93. The van der Waals surface area contributed by atoms with Crippen molar-refractivity contribution in [1.29, 1.82) is 0 Å². The molecule has 0 rings (SSSR count). The highest BCUT2D eigenvalue weighted by Gasteiger charge is 2.23. The van der Waals surface area contributed by atoms with Gasteiger partial charge in [0, 0.05) is 35.4 Å². The van der Waals surface area contributed by atoms with Gasteiger partial charge in [0.05, 0.1) is 0 Å². The molecule has 148 valence electrons. The minimum absolute atomic E-state index is 0.222. The van der Waals surface area contributed by atoms with Crippen LogP contribution >= 0.6 is 0 Å². The second kappa shape index (κ2) is 11.1. The third kappa shape index (κ3) is 7.56. The molecule has 0 aliphatic heterocycles. The fourth-order valence-corrected chi connectivity index (χ4v) is 2.23. The number of rotatable bonds is 10. The number of nitrogens with zero attached hydrogens (tertiary/aromatic N) is 2. The predicted molar refractivity (Wildman–Crippen MR) is 107 cm³/mol. The van der Waals surface area contributed by atoms with Gasteiger partial charge in [-0.2, -0.15) is 0 Å². The molecule has 0 saturated carbocycles. The molecule has 0 saturated heterocycles. The van der Waals surface area contributed by atoms with Crippen LogP contribution in [-0.2, 0) is 19.2 Å². The Morgan fingerprint density at radius 3 is 0.926 bits per heavy atom. The second-order valence-corrected chi connectivity index (χ2v) is 6.71. The molecule has 0 aliphatic carbocycles. The monoisotopic (exact) mass is 374 g/mol. The number of hydrogen-bond acceptors (Lipinski definition) is 4. The smallest absolute Gasteiger partial charge is 0.255 e. The summed E-state index contributed by atoms with van der Waals surface area (Å²) in [5.74, 6) is -1.72. The van der Waals surface area contributed by atoms with Gasteiger partial charge in [-0.15, -0.1) is 0 Å². The van der Waals surface area contributed by atoms with Crippen LogP contribution < -0.4 is 0 Å². The Balaban J connectivity index is 4.82. The molecular weight excluding hydrogens is 344 g/mol. The van der Waals surface area contributed by atoms with Gasteiger partial charge >= 0.3 is 0 Å². The topological polar surface area (TPSA) is 74.8 Å². The zero-order valence-electron chi connectivity index (χ0n) is 16.9. The third-order valence-corrected chi connectivity index (χ3v) is 3.70. The third-order valence-electron chi connectivity index (χ3n) is 3.70. The lowest BCUT2D eigenvalue weighted by molar-refractivity contribution is -0.141. The second-order valence-electron chi connectivity index (χ2n) is 6.71. The van der Waals surface area contributed by atoms with Gasteiger partial charge in [0.2, 0.25) is 0 Å². The van der Waals surface area contributed by atoms with Crippen molar-refractivity contribution in [1.82, 2.24) is 9.80 Å². The first-order valence-corrected chi connectivity index (χ1v) is 8.76. The van der Waals surface area contributed by atoms with E-state index in [2.05, 4.69) is 26.3 Å². The van der Waals surface area contributed by atoms with Crippen molar-refractivity contribution in [2.45, 2.75) is 47.0 Å². The van der Waals surface area contributed by atoms with E-state index in [1.165, 1.54) is 0 Å². The summed E-state index contributed by atoms with van der Waals surface area (Å²) in [4.78, 5) is 50.8. The average molecular weight is 374 g/mol. The lowest BCUT2D eigenvalue weighted by Crippen LogP contribution is -2.39. The highest BCUT2D eigenvalue weighted by molar-refractivity contribution is 6.09. The Morgan fingerprint density at radius 2 is 0.741 bits per heavy atom. The van der Waals surface area contributed by atoms with Gasteiger partial charge in [0.25, 0.3) is 23.6 Å². The highest BCUT2D eigenvalue weighted by Crippen LogP contribution is 2.10. The van der Waals surface area contributed by atoms with Crippen molar-refractivity contribution in [2.75, 3.05) is 13.1 Å². The van der Waals surface area contributed by atoms with Crippen LogP contribution in [0.4, 0.5) is 0 Å². The van der Waals surface area contributed by atoms with Crippen LogP contribution in [0.1, 0.15) is 47.0 Å². The van der Waals surface area contributed by atoms with Crippen molar-refractivity contribution in [3.63, 3.8) is 0 Å². The van der Waals surface area contributed by atoms with E-state index in [1.807, 2.05) is 0 Å². The molecule has 0 bridgehead atoms. The van der Waals surface area contributed by atoms with Crippen LogP contribution in [0, 0.1) is 0 Å². The van der Waals surface area contributed by atoms with Crippen molar-refractivity contribution in [2.24, 2.45) is 0 Å². The Morgan fingerprint density at radius 1 is 0.519 bits per heavy atom. The molecule has 27 heavy (non-hydrogen) atoms. The largest absolute Gasteiger partial charge is 0.275 e. The molecule has 6 nitrogen and oxygen atoms in total. The molecule has 0 unspecified atom stereocenters. The van der Waals surface area contributed by atoms with E-state index in [0.29, 0.717) is 19.3 Å². The van der Waals surface area contributed by atoms with E-state index in [-0.39, 0.29) is 35.4 Å². The summed E-state index contributed by atoms with van der Waals surface area (Å²) in [7, 11) is 0. The summed E-state index contributed by atoms with van der Waals surface area (Å²) >= 11 is 0. The number of carbonyl (C=O) groups excluding carboxylic acids is 4. The first-order chi connectivity index (χ1) is 12.4. The molecule has 0 aromatic heterocycles. The molecule has 0 N–H and O–H groups in total. The van der Waals surface area contributed by atoms with Crippen LogP contribution in [0.15, 0.2) is 48.6 Å². The summed E-state index contributed by atoms with van der Waals surface area (Å²) < 4.78 is 0. The van der Waals surface area contributed by atoms with E-state index >= 15 is 0 Å². The quantitative estimate of drug-likeness (QED) is 0.435. The molecule has 4 amide bonds. The van der Waals surface area contributed by atoms with E-state index in [0.717, 1.165) is 9.80 Å². The number of unbranched alkanes of at least 4 members (excludes halogenated alkanes) is 2. The average Bonchev–Trinajstić information content (AvgIpc) is 2.58. The van der Waals surface area contributed by atoms with Gasteiger partial charge in [-0.3, -0.25) is 29.0 Å². The number of hydrogen-bond donors (Lipinski definition) is 0. The molecular formula is C21H30N2O4. The number of amides is 4. The van der Waals surface area contributed by atoms with Gasteiger partial charge in [0.15, 0.2) is 0 Å². The van der Waals surface area contributed by atoms with E-state index < -0.39 is 23.6 Å². The molecule has 0 heterocycles. The molecule has 6 heteroatoms. The van der Waals surface area contributed by atoms with Crippen molar-refractivity contribution < 1.29 is 19.2 Å². The fraction of sp³-hybridized carbons (Fsp3) is 0.429. The molecule has 0 aliphatic rings. The van der Waals surface area contributed by atoms with E-state index in [1.54, 1.807) is 27.7 Å². The van der Waals surface area contributed by atoms with Crippen LogP contribution in [0.5, 0.6) is 0 Å². The fourth-order valence-electron chi connectivity index (χ4n) is 2.23. The molecule has 0 aromatic rings. The maximum Gasteiger partial charge on any atom is 0.255 e. The Labute approximate surface area is 161 Å². The van der Waals surface area contributed by atoms with Crippen LogP contribution in [0.25, 0.3) is 0 Å². The number of carbonyl (C=O) groups is 4. The summed E-state index contributed by atoms with van der Waals surface area (Å²) in [6.07, 6.45) is 1.69. The van der Waals surface area contributed by atoms with Crippen LogP contribution in [0.3, 0.4) is 0 Å². The van der Waals surface area contributed by atoms with Crippen LogP contribution in [0.2, 0.25) is 0 Å². The zero-order chi connectivity index (χ0) is 21.3. The van der Waals surface area contributed by atoms with Crippen molar-refractivity contribution >= 4 is 23.6 Å². The molecule has 0 radical (unpaired) electrons. The molecule has 0 fully saturated rings. The lowest BCUT2D eigenvalue weighted by atomic mass is 10.1. The first-order valence-electron chi connectivity index (χ1n) is 8.76. The lowest BCUT2D eigenvalue weighted by Gasteiger charge is -2.22. The normalized spacial score (nSPS) is 9.93. The molecule has 0 atom stereocenters. The summed E-state index contributed by atoms with van der Waals surface area (Å²) in [5.41, 5.74) is 1.09.